The Balaban J connectivity index is 1.26. The molecule has 1 aromatic heterocycles. The number of aryl methyl sites for hydroxylation is 2. The van der Waals surface area contributed by atoms with Crippen molar-refractivity contribution in [2.45, 2.75) is 44.1 Å². The van der Waals surface area contributed by atoms with Gasteiger partial charge in [0.25, 0.3) is 11.1 Å². The first-order chi connectivity index (χ1) is 14.2. The third-order valence-electron chi connectivity index (χ3n) is 4.83. The fourth-order valence-electron chi connectivity index (χ4n) is 3.47. The molecule has 7 heteroatoms. The molecule has 0 radical (unpaired) electrons. The van der Waals surface area contributed by atoms with Gasteiger partial charge in [-0.1, -0.05) is 48.2 Å². The van der Waals surface area contributed by atoms with E-state index in [0.717, 1.165) is 30.6 Å². The molecule has 29 heavy (non-hydrogen) atoms. The zero-order chi connectivity index (χ0) is 20.1. The van der Waals surface area contributed by atoms with Crippen LogP contribution in [0.3, 0.4) is 0 Å². The summed E-state index contributed by atoms with van der Waals surface area (Å²) >= 11 is 1.24. The Labute approximate surface area is 174 Å². The molecule has 0 aliphatic heterocycles. The zero-order valence-corrected chi connectivity index (χ0v) is 17.1. The monoisotopic (exact) mass is 409 g/mol. The standard InChI is InChI=1S/C22H23N3O3S/c1-15-6-4-9-17(12-15)27-13-21-24-25-22(28-21)29-14-20(26)23-19-11-5-8-16-7-2-3-10-18(16)19/h2-4,6-7,9-10,12,19H,5,8,11,13-14H2,1H3,(H,23,26)/t19-/m1/s1. The topological polar surface area (TPSA) is 77.2 Å². The quantitative estimate of drug-likeness (QED) is 0.588. The molecule has 1 aliphatic carbocycles. The van der Waals surface area contributed by atoms with Gasteiger partial charge < -0.3 is 14.5 Å². The summed E-state index contributed by atoms with van der Waals surface area (Å²) in [7, 11) is 0. The summed E-state index contributed by atoms with van der Waals surface area (Å²) in [6.07, 6.45) is 3.13. The molecule has 1 heterocycles. The van der Waals surface area contributed by atoms with E-state index < -0.39 is 0 Å². The number of thioether (sulfide) groups is 1. The summed E-state index contributed by atoms with van der Waals surface area (Å²) in [5.74, 6) is 1.34. The molecule has 0 saturated heterocycles. The van der Waals surface area contributed by atoms with Crippen molar-refractivity contribution in [1.29, 1.82) is 0 Å². The van der Waals surface area contributed by atoms with E-state index in [1.54, 1.807) is 0 Å². The van der Waals surface area contributed by atoms with E-state index in [-0.39, 0.29) is 24.3 Å². The van der Waals surface area contributed by atoms with Gasteiger partial charge in [0.2, 0.25) is 5.91 Å². The van der Waals surface area contributed by atoms with Crippen molar-refractivity contribution in [3.05, 3.63) is 71.1 Å². The maximum Gasteiger partial charge on any atom is 0.277 e. The highest BCUT2D eigenvalue weighted by molar-refractivity contribution is 7.99. The lowest BCUT2D eigenvalue weighted by Crippen LogP contribution is -2.32. The van der Waals surface area contributed by atoms with Crippen molar-refractivity contribution in [3.63, 3.8) is 0 Å². The molecule has 2 aromatic carbocycles. The van der Waals surface area contributed by atoms with Crippen LogP contribution < -0.4 is 10.1 Å². The summed E-state index contributed by atoms with van der Waals surface area (Å²) in [4.78, 5) is 12.4. The lowest BCUT2D eigenvalue weighted by molar-refractivity contribution is -0.119. The number of ether oxygens (including phenoxy) is 1. The highest BCUT2D eigenvalue weighted by Crippen LogP contribution is 2.29. The van der Waals surface area contributed by atoms with Crippen LogP contribution in [0.2, 0.25) is 0 Å². The number of nitrogens with zero attached hydrogens (tertiary/aromatic N) is 2. The van der Waals surface area contributed by atoms with Gasteiger partial charge in [-0.15, -0.1) is 10.2 Å². The van der Waals surface area contributed by atoms with E-state index in [9.17, 15) is 4.79 Å². The van der Waals surface area contributed by atoms with Crippen molar-refractivity contribution in [3.8, 4) is 5.75 Å². The molecule has 150 valence electrons. The van der Waals surface area contributed by atoms with E-state index >= 15 is 0 Å². The van der Waals surface area contributed by atoms with Crippen molar-refractivity contribution in [2.24, 2.45) is 0 Å². The maximum absolute atomic E-state index is 12.4. The van der Waals surface area contributed by atoms with Gasteiger partial charge in [0.05, 0.1) is 11.8 Å². The van der Waals surface area contributed by atoms with Gasteiger partial charge in [-0.25, -0.2) is 0 Å². The van der Waals surface area contributed by atoms with Crippen LogP contribution in [-0.4, -0.2) is 21.9 Å². The van der Waals surface area contributed by atoms with E-state index in [2.05, 4.69) is 33.7 Å². The van der Waals surface area contributed by atoms with Crippen molar-refractivity contribution in [2.75, 3.05) is 5.75 Å². The largest absolute Gasteiger partial charge is 0.484 e. The number of hydrogen-bond acceptors (Lipinski definition) is 6. The van der Waals surface area contributed by atoms with Crippen LogP contribution in [0.4, 0.5) is 0 Å². The van der Waals surface area contributed by atoms with Gasteiger partial charge >= 0.3 is 0 Å². The molecule has 6 nitrogen and oxygen atoms in total. The van der Waals surface area contributed by atoms with Crippen LogP contribution in [0.25, 0.3) is 0 Å². The fraction of sp³-hybridized carbons (Fsp3) is 0.318. The lowest BCUT2D eigenvalue weighted by atomic mass is 9.88. The molecular weight excluding hydrogens is 386 g/mol. The third kappa shape index (κ3) is 5.17. The first-order valence-electron chi connectivity index (χ1n) is 9.69. The number of carbonyl (C=O) groups is 1. The highest BCUT2D eigenvalue weighted by atomic mass is 32.2. The summed E-state index contributed by atoms with van der Waals surface area (Å²) in [5.41, 5.74) is 3.67. The Morgan fingerprint density at radius 3 is 3.03 bits per heavy atom. The van der Waals surface area contributed by atoms with Gasteiger partial charge in [0.1, 0.15) is 5.75 Å². The predicted octanol–water partition coefficient (Wildman–Crippen LogP) is 4.24. The number of hydrogen-bond donors (Lipinski definition) is 1. The fourth-order valence-corrected chi connectivity index (χ4v) is 4.06. The molecule has 1 atom stereocenters. The molecule has 0 fully saturated rings. The first-order valence-corrected chi connectivity index (χ1v) is 10.7. The van der Waals surface area contributed by atoms with Crippen LogP contribution in [-0.2, 0) is 17.8 Å². The molecule has 1 N–H and O–H groups in total. The minimum atomic E-state index is -0.0348. The Bertz CT molecular complexity index is 989. The normalized spacial score (nSPS) is 15.6. The average Bonchev–Trinajstić information content (AvgIpc) is 3.19. The van der Waals surface area contributed by atoms with Gasteiger partial charge in [-0.05, 0) is 55.0 Å². The smallest absolute Gasteiger partial charge is 0.277 e. The van der Waals surface area contributed by atoms with Crippen LogP contribution in [0.1, 0.15) is 41.5 Å². The van der Waals surface area contributed by atoms with Crippen molar-refractivity contribution in [1.82, 2.24) is 15.5 Å². The number of aromatic nitrogens is 2. The second-order valence-electron chi connectivity index (χ2n) is 7.07. The SMILES string of the molecule is Cc1cccc(OCc2nnc(SCC(=O)N[C@@H]3CCCc4ccccc43)o2)c1. The minimum absolute atomic E-state index is 0.0348. The minimum Gasteiger partial charge on any atom is -0.484 e. The number of carbonyl (C=O) groups excluding carboxylic acids is 1. The molecular formula is C22H23N3O3S. The Hall–Kier alpha value is -2.80. The van der Waals surface area contributed by atoms with Gasteiger partial charge in [0.15, 0.2) is 6.61 Å². The molecule has 3 aromatic rings. The van der Waals surface area contributed by atoms with Gasteiger partial charge in [-0.3, -0.25) is 4.79 Å². The molecule has 0 saturated carbocycles. The van der Waals surface area contributed by atoms with Crippen LogP contribution in [0.15, 0.2) is 58.2 Å². The zero-order valence-electron chi connectivity index (χ0n) is 16.3. The Kier molecular flexibility index (Phi) is 6.14. The predicted molar refractivity (Wildman–Crippen MR) is 111 cm³/mol. The summed E-state index contributed by atoms with van der Waals surface area (Å²) in [6, 6.07) is 16.2. The number of benzene rings is 2. The molecule has 0 bridgehead atoms. The first kappa shape index (κ1) is 19.5. The second-order valence-corrected chi connectivity index (χ2v) is 7.99. The van der Waals surface area contributed by atoms with E-state index in [0.29, 0.717) is 11.1 Å². The van der Waals surface area contributed by atoms with Crippen molar-refractivity contribution >= 4 is 17.7 Å². The molecule has 1 amide bonds. The maximum atomic E-state index is 12.4. The second kappa shape index (κ2) is 9.13. The summed E-state index contributed by atoms with van der Waals surface area (Å²) < 4.78 is 11.2. The number of nitrogens with one attached hydrogen (secondary N) is 1. The number of rotatable bonds is 7. The van der Waals surface area contributed by atoms with Gasteiger partial charge in [-0.2, -0.15) is 0 Å². The van der Waals surface area contributed by atoms with Crippen LogP contribution in [0, 0.1) is 6.92 Å². The molecule has 0 unspecified atom stereocenters. The summed E-state index contributed by atoms with van der Waals surface area (Å²) in [5, 5.41) is 11.5. The van der Waals surface area contributed by atoms with Crippen LogP contribution in [0.5, 0.6) is 5.75 Å². The number of fused-ring (bicyclic) bond motifs is 1. The molecule has 0 spiro atoms. The van der Waals surface area contributed by atoms with E-state index in [4.69, 9.17) is 9.15 Å². The molecule has 1 aliphatic rings. The van der Waals surface area contributed by atoms with E-state index in [1.807, 2.05) is 37.3 Å². The Morgan fingerprint density at radius 1 is 1.24 bits per heavy atom. The molecule has 4 rings (SSSR count). The highest BCUT2D eigenvalue weighted by Gasteiger charge is 2.21. The van der Waals surface area contributed by atoms with E-state index in [1.165, 1.54) is 22.9 Å². The van der Waals surface area contributed by atoms with Crippen molar-refractivity contribution < 1.29 is 13.9 Å². The Morgan fingerprint density at radius 2 is 2.14 bits per heavy atom. The lowest BCUT2D eigenvalue weighted by Gasteiger charge is -2.26. The number of amides is 1. The van der Waals surface area contributed by atoms with Crippen LogP contribution >= 0.6 is 11.8 Å². The van der Waals surface area contributed by atoms with Gasteiger partial charge in [0, 0.05) is 0 Å². The third-order valence-corrected chi connectivity index (χ3v) is 5.65. The average molecular weight is 410 g/mol. The summed E-state index contributed by atoms with van der Waals surface area (Å²) in [6.45, 7) is 2.20.